The van der Waals surface area contributed by atoms with Crippen LogP contribution in [0.2, 0.25) is 0 Å². The molecule has 3 rings (SSSR count). The first-order valence-corrected chi connectivity index (χ1v) is 11.8. The van der Waals surface area contributed by atoms with E-state index in [1.165, 1.54) is 0 Å². The molecule has 6 heteroatoms. The fourth-order valence-electron chi connectivity index (χ4n) is 2.91. The first-order chi connectivity index (χ1) is 15.1. The summed E-state index contributed by atoms with van der Waals surface area (Å²) in [5, 5.41) is 12.3. The van der Waals surface area contributed by atoms with E-state index in [-0.39, 0.29) is 11.5 Å². The van der Waals surface area contributed by atoms with Crippen LogP contribution in [0, 0.1) is 18.5 Å². The molecule has 0 saturated heterocycles. The largest absolute Gasteiger partial charge is 0.487 e. The van der Waals surface area contributed by atoms with Crippen molar-refractivity contribution < 1.29 is 9.53 Å². The third-order valence-corrected chi connectivity index (χ3v) is 6.07. The van der Waals surface area contributed by atoms with Gasteiger partial charge in [0.05, 0.1) is 7.14 Å². The van der Waals surface area contributed by atoms with Crippen LogP contribution in [0.4, 0.5) is 0 Å². The lowest BCUT2D eigenvalue weighted by Crippen LogP contribution is -2.26. The zero-order chi connectivity index (χ0) is 22.1. The second-order valence-electron chi connectivity index (χ2n) is 6.75. The molecular formula is C25H20I2N2O2. The van der Waals surface area contributed by atoms with Gasteiger partial charge in [0, 0.05) is 6.54 Å². The summed E-state index contributed by atoms with van der Waals surface area (Å²) < 4.78 is 7.85. The molecule has 0 radical (unpaired) electrons. The van der Waals surface area contributed by atoms with Gasteiger partial charge in [0.15, 0.2) is 0 Å². The van der Waals surface area contributed by atoms with Gasteiger partial charge in [-0.15, -0.1) is 0 Å². The Hall–Kier alpha value is -2.38. The van der Waals surface area contributed by atoms with Crippen molar-refractivity contribution in [3.63, 3.8) is 0 Å². The van der Waals surface area contributed by atoms with Crippen LogP contribution >= 0.6 is 45.2 Å². The molecule has 0 aliphatic carbocycles. The summed E-state index contributed by atoms with van der Waals surface area (Å²) in [6.45, 7) is 0.957. The maximum absolute atomic E-state index is 12.4. The van der Waals surface area contributed by atoms with Gasteiger partial charge in [0.2, 0.25) is 0 Å². The van der Waals surface area contributed by atoms with Crippen LogP contribution in [0.15, 0.2) is 78.4 Å². The quantitative estimate of drug-likeness (QED) is 0.196. The molecule has 1 N–H and O–H groups in total. The normalized spacial score (nSPS) is 10.9. The van der Waals surface area contributed by atoms with E-state index < -0.39 is 0 Å². The van der Waals surface area contributed by atoms with E-state index in [9.17, 15) is 10.1 Å². The van der Waals surface area contributed by atoms with Crippen LogP contribution in [0.25, 0.3) is 6.08 Å². The van der Waals surface area contributed by atoms with Crippen LogP contribution < -0.4 is 10.1 Å². The molecule has 4 nitrogen and oxygen atoms in total. The van der Waals surface area contributed by atoms with Crippen molar-refractivity contribution in [2.24, 2.45) is 0 Å². The van der Waals surface area contributed by atoms with Gasteiger partial charge >= 0.3 is 0 Å². The van der Waals surface area contributed by atoms with E-state index in [0.29, 0.717) is 19.6 Å². The molecule has 0 spiro atoms. The van der Waals surface area contributed by atoms with Crippen LogP contribution in [0.3, 0.4) is 0 Å². The second-order valence-corrected chi connectivity index (χ2v) is 9.07. The number of nitrogens with zero attached hydrogens (tertiary/aromatic N) is 1. The lowest BCUT2D eigenvalue weighted by atomic mass is 10.1. The molecule has 0 fully saturated rings. The maximum Gasteiger partial charge on any atom is 0.261 e. The SMILES string of the molecule is N#C/C(=C\c1cc(I)c(OCc2ccccc2)c(I)c1)C(=O)NCCc1ccccc1. The summed E-state index contributed by atoms with van der Waals surface area (Å²) >= 11 is 4.43. The van der Waals surface area contributed by atoms with Crippen molar-refractivity contribution in [3.8, 4) is 11.8 Å². The zero-order valence-corrected chi connectivity index (χ0v) is 21.0. The Morgan fingerprint density at radius 1 is 0.968 bits per heavy atom. The van der Waals surface area contributed by atoms with Crippen LogP contribution in [0.5, 0.6) is 5.75 Å². The average molecular weight is 634 g/mol. The van der Waals surface area contributed by atoms with Crippen LogP contribution in [-0.2, 0) is 17.8 Å². The molecule has 31 heavy (non-hydrogen) atoms. The number of ether oxygens (including phenoxy) is 1. The Morgan fingerprint density at radius 3 is 2.13 bits per heavy atom. The Bertz CT molecular complexity index is 1080. The van der Waals surface area contributed by atoms with Crippen molar-refractivity contribution in [3.05, 3.63) is 102 Å². The molecule has 0 heterocycles. The van der Waals surface area contributed by atoms with Gasteiger partial charge in [0.25, 0.3) is 5.91 Å². The fourth-order valence-corrected chi connectivity index (χ4v) is 5.03. The van der Waals surface area contributed by atoms with Gasteiger partial charge in [-0.05, 0) is 86.5 Å². The number of halogens is 2. The minimum atomic E-state index is -0.368. The van der Waals surface area contributed by atoms with Crippen LogP contribution in [-0.4, -0.2) is 12.5 Å². The highest BCUT2D eigenvalue weighted by Gasteiger charge is 2.12. The first kappa shape index (κ1) is 23.3. The average Bonchev–Trinajstić information content (AvgIpc) is 2.78. The van der Waals surface area contributed by atoms with E-state index in [1.807, 2.05) is 78.9 Å². The molecule has 0 unspecified atom stereocenters. The fraction of sp³-hybridized carbons (Fsp3) is 0.120. The van der Waals surface area contributed by atoms with Crippen molar-refractivity contribution >= 4 is 57.2 Å². The summed E-state index contributed by atoms with van der Waals surface area (Å²) in [6, 6.07) is 25.7. The van der Waals surface area contributed by atoms with Gasteiger partial charge in [-0.2, -0.15) is 5.26 Å². The third kappa shape index (κ3) is 7.08. The highest BCUT2D eigenvalue weighted by molar-refractivity contribution is 14.1. The molecule has 1 amide bonds. The number of nitrogens with one attached hydrogen (secondary N) is 1. The van der Waals surface area contributed by atoms with E-state index >= 15 is 0 Å². The Morgan fingerprint density at radius 2 is 1.55 bits per heavy atom. The molecule has 3 aromatic carbocycles. The van der Waals surface area contributed by atoms with Gasteiger partial charge < -0.3 is 10.1 Å². The molecule has 156 valence electrons. The molecule has 0 aliphatic rings. The number of benzene rings is 3. The van der Waals surface area contributed by atoms with E-state index in [0.717, 1.165) is 29.6 Å². The highest BCUT2D eigenvalue weighted by atomic mass is 127. The minimum Gasteiger partial charge on any atom is -0.487 e. The van der Waals surface area contributed by atoms with Gasteiger partial charge in [-0.25, -0.2) is 0 Å². The Kier molecular flexibility index (Phi) is 8.91. The second kappa shape index (κ2) is 11.9. The van der Waals surface area contributed by atoms with Crippen molar-refractivity contribution in [1.29, 1.82) is 5.26 Å². The number of carbonyl (C=O) groups excluding carboxylic acids is 1. The molecule has 3 aromatic rings. The predicted octanol–water partition coefficient (Wildman–Crippen LogP) is 5.74. The molecular weight excluding hydrogens is 614 g/mol. The summed E-state index contributed by atoms with van der Waals surface area (Å²) in [6.07, 6.45) is 2.33. The number of carbonyl (C=O) groups is 1. The summed E-state index contributed by atoms with van der Waals surface area (Å²) in [7, 11) is 0. The van der Waals surface area contributed by atoms with E-state index in [2.05, 4.69) is 50.5 Å². The number of amides is 1. The standard InChI is InChI=1S/C25H20I2N2O2/c26-22-14-20(15-23(27)24(22)31-17-19-9-5-2-6-10-19)13-21(16-28)25(30)29-12-11-18-7-3-1-4-8-18/h1-10,13-15H,11-12,17H2,(H,29,30)/b21-13+. The van der Waals surface area contributed by atoms with Gasteiger partial charge in [0.1, 0.15) is 24.0 Å². The monoisotopic (exact) mass is 634 g/mol. The maximum atomic E-state index is 12.4. The number of hydrogen-bond donors (Lipinski definition) is 1. The zero-order valence-electron chi connectivity index (χ0n) is 16.6. The summed E-state index contributed by atoms with van der Waals surface area (Å²) in [5.74, 6) is 0.431. The van der Waals surface area contributed by atoms with E-state index in [4.69, 9.17) is 4.74 Å². The van der Waals surface area contributed by atoms with Gasteiger partial charge in [-0.3, -0.25) is 4.79 Å². The highest BCUT2D eigenvalue weighted by Crippen LogP contribution is 2.30. The molecule has 0 saturated carbocycles. The van der Waals surface area contributed by atoms with Gasteiger partial charge in [-0.1, -0.05) is 60.7 Å². The van der Waals surface area contributed by atoms with Crippen LogP contribution in [0.1, 0.15) is 16.7 Å². The molecule has 0 aliphatic heterocycles. The summed E-state index contributed by atoms with van der Waals surface area (Å²) in [5.41, 5.74) is 3.10. The van der Waals surface area contributed by atoms with Crippen molar-refractivity contribution in [2.45, 2.75) is 13.0 Å². The smallest absolute Gasteiger partial charge is 0.261 e. The lowest BCUT2D eigenvalue weighted by Gasteiger charge is -2.12. The number of nitriles is 1. The summed E-state index contributed by atoms with van der Waals surface area (Å²) in [4.78, 5) is 12.4. The lowest BCUT2D eigenvalue weighted by molar-refractivity contribution is -0.117. The Labute approximate surface area is 209 Å². The predicted molar refractivity (Wildman–Crippen MR) is 139 cm³/mol. The minimum absolute atomic E-state index is 0.0811. The first-order valence-electron chi connectivity index (χ1n) is 9.66. The topological polar surface area (TPSA) is 62.1 Å². The van der Waals surface area contributed by atoms with Crippen molar-refractivity contribution in [1.82, 2.24) is 5.32 Å². The molecule has 0 bridgehead atoms. The van der Waals surface area contributed by atoms with E-state index in [1.54, 1.807) is 6.08 Å². The molecule has 0 atom stereocenters. The molecule has 0 aromatic heterocycles. The number of hydrogen-bond acceptors (Lipinski definition) is 3. The number of rotatable bonds is 8. The Balaban J connectivity index is 1.65. The van der Waals surface area contributed by atoms with Crippen molar-refractivity contribution in [2.75, 3.05) is 6.54 Å². The third-order valence-electron chi connectivity index (χ3n) is 4.46.